The summed E-state index contributed by atoms with van der Waals surface area (Å²) in [5.41, 5.74) is 0.911. The van der Waals surface area contributed by atoms with E-state index in [0.717, 1.165) is 11.5 Å². The van der Waals surface area contributed by atoms with Crippen molar-refractivity contribution in [1.29, 1.82) is 0 Å². The Kier molecular flexibility index (Phi) is 4.35. The van der Waals surface area contributed by atoms with Crippen molar-refractivity contribution in [2.24, 2.45) is 0 Å². The summed E-state index contributed by atoms with van der Waals surface area (Å²) >= 11 is 1.26. The lowest BCUT2D eigenvalue weighted by Crippen LogP contribution is -2.48. The molecule has 1 aliphatic heterocycles. The Labute approximate surface area is 134 Å². The van der Waals surface area contributed by atoms with E-state index in [-0.39, 0.29) is 0 Å². The lowest BCUT2D eigenvalue weighted by molar-refractivity contribution is 0.168. The molecule has 0 amide bonds. The molecule has 0 saturated carbocycles. The summed E-state index contributed by atoms with van der Waals surface area (Å²) in [6, 6.07) is 3.42. The molecule has 0 aliphatic carbocycles. The predicted octanol–water partition coefficient (Wildman–Crippen LogP) is 1.86. The van der Waals surface area contributed by atoms with Crippen LogP contribution in [0, 0.1) is 13.8 Å². The summed E-state index contributed by atoms with van der Waals surface area (Å²) in [5.74, 6) is 1.54. The Morgan fingerprint density at radius 3 is 2.55 bits per heavy atom. The van der Waals surface area contributed by atoms with Gasteiger partial charge in [0, 0.05) is 26.2 Å². The smallest absolute Gasteiger partial charge is 0.252 e. The Morgan fingerprint density at radius 1 is 1.27 bits per heavy atom. The number of hydrogen-bond donors (Lipinski definition) is 0. The molecule has 8 heteroatoms. The van der Waals surface area contributed by atoms with Gasteiger partial charge in [-0.2, -0.15) is 4.31 Å². The van der Waals surface area contributed by atoms with Crippen LogP contribution in [0.25, 0.3) is 0 Å². The van der Waals surface area contributed by atoms with Gasteiger partial charge in [0.1, 0.15) is 9.97 Å². The standard InChI is InChI=1S/C14H19N3O3S2/c1-11-12(2)20-13(15-11)10-16-5-7-17(8-6-16)22(18,19)14-4-3-9-21-14/h3-4,9H,5-8,10H2,1-2H3. The first-order valence-electron chi connectivity index (χ1n) is 7.16. The fourth-order valence-corrected chi connectivity index (χ4v) is 5.03. The molecule has 1 saturated heterocycles. The minimum atomic E-state index is -3.33. The summed E-state index contributed by atoms with van der Waals surface area (Å²) in [7, 11) is -3.33. The zero-order valence-electron chi connectivity index (χ0n) is 12.7. The SMILES string of the molecule is Cc1nc(CN2CCN(S(=O)(=O)c3cccs3)CC2)oc1C. The van der Waals surface area contributed by atoms with Crippen LogP contribution in [-0.2, 0) is 16.6 Å². The number of aromatic nitrogens is 1. The van der Waals surface area contributed by atoms with Gasteiger partial charge in [0.05, 0.1) is 12.2 Å². The molecule has 2 aromatic heterocycles. The van der Waals surface area contributed by atoms with Crippen LogP contribution in [0.3, 0.4) is 0 Å². The molecule has 0 bridgehead atoms. The minimum Gasteiger partial charge on any atom is -0.444 e. The van der Waals surface area contributed by atoms with Crippen molar-refractivity contribution in [2.75, 3.05) is 26.2 Å². The van der Waals surface area contributed by atoms with E-state index in [9.17, 15) is 8.42 Å². The summed E-state index contributed by atoms with van der Waals surface area (Å²) < 4.78 is 32.5. The first-order chi connectivity index (χ1) is 10.5. The maximum Gasteiger partial charge on any atom is 0.252 e. The number of sulfonamides is 1. The third-order valence-electron chi connectivity index (χ3n) is 3.85. The van der Waals surface area contributed by atoms with Gasteiger partial charge in [0.25, 0.3) is 10.0 Å². The van der Waals surface area contributed by atoms with Crippen LogP contribution in [0.4, 0.5) is 0 Å². The molecule has 1 fully saturated rings. The highest BCUT2D eigenvalue weighted by atomic mass is 32.2. The fraction of sp³-hybridized carbons (Fsp3) is 0.500. The summed E-state index contributed by atoms with van der Waals surface area (Å²) in [5, 5.41) is 1.79. The van der Waals surface area contributed by atoms with Gasteiger partial charge in [-0.1, -0.05) is 6.07 Å². The Bertz CT molecular complexity index is 710. The average Bonchev–Trinajstić information content (AvgIpc) is 3.11. The average molecular weight is 341 g/mol. The molecule has 3 rings (SSSR count). The molecule has 22 heavy (non-hydrogen) atoms. The highest BCUT2D eigenvalue weighted by Crippen LogP contribution is 2.22. The van der Waals surface area contributed by atoms with Crippen molar-refractivity contribution in [3.05, 3.63) is 34.9 Å². The normalized spacial score (nSPS) is 17.9. The van der Waals surface area contributed by atoms with Crippen molar-refractivity contribution in [2.45, 2.75) is 24.6 Å². The van der Waals surface area contributed by atoms with Gasteiger partial charge >= 0.3 is 0 Å². The number of piperazine rings is 1. The number of hydrogen-bond acceptors (Lipinski definition) is 6. The van der Waals surface area contributed by atoms with Crippen molar-refractivity contribution in [1.82, 2.24) is 14.2 Å². The van der Waals surface area contributed by atoms with Crippen molar-refractivity contribution in [3.8, 4) is 0 Å². The van der Waals surface area contributed by atoms with E-state index in [1.807, 2.05) is 13.8 Å². The molecule has 0 spiro atoms. The zero-order valence-corrected chi connectivity index (χ0v) is 14.3. The van der Waals surface area contributed by atoms with Crippen LogP contribution < -0.4 is 0 Å². The van der Waals surface area contributed by atoms with E-state index >= 15 is 0 Å². The van der Waals surface area contributed by atoms with Crippen LogP contribution >= 0.6 is 11.3 Å². The van der Waals surface area contributed by atoms with Gasteiger partial charge in [0.15, 0.2) is 0 Å². The monoisotopic (exact) mass is 341 g/mol. The fourth-order valence-electron chi connectivity index (χ4n) is 2.46. The second-order valence-corrected chi connectivity index (χ2v) is 8.47. The maximum absolute atomic E-state index is 12.4. The Morgan fingerprint density at radius 2 is 2.00 bits per heavy atom. The van der Waals surface area contributed by atoms with Crippen molar-refractivity contribution in [3.63, 3.8) is 0 Å². The van der Waals surface area contributed by atoms with Crippen LogP contribution in [-0.4, -0.2) is 48.8 Å². The lowest BCUT2D eigenvalue weighted by Gasteiger charge is -2.32. The predicted molar refractivity (Wildman–Crippen MR) is 84.3 cm³/mol. The summed E-state index contributed by atoms with van der Waals surface area (Å²) in [6.07, 6.45) is 0. The molecular formula is C14H19N3O3S2. The third kappa shape index (κ3) is 3.10. The largest absolute Gasteiger partial charge is 0.444 e. The Hall–Kier alpha value is -1.22. The minimum absolute atomic E-state index is 0.417. The molecule has 0 N–H and O–H groups in total. The molecule has 2 aromatic rings. The number of rotatable bonds is 4. The number of thiophene rings is 1. The topological polar surface area (TPSA) is 66.7 Å². The quantitative estimate of drug-likeness (QED) is 0.849. The molecule has 0 aromatic carbocycles. The zero-order chi connectivity index (χ0) is 15.7. The molecule has 0 radical (unpaired) electrons. The molecule has 0 unspecified atom stereocenters. The van der Waals surface area contributed by atoms with Crippen molar-refractivity contribution < 1.29 is 12.8 Å². The first kappa shape index (κ1) is 15.7. The highest BCUT2D eigenvalue weighted by molar-refractivity contribution is 7.91. The van der Waals surface area contributed by atoms with Gasteiger partial charge in [-0.05, 0) is 25.3 Å². The van der Waals surface area contributed by atoms with E-state index < -0.39 is 10.0 Å². The molecular weight excluding hydrogens is 322 g/mol. The van der Waals surface area contributed by atoms with Crippen LogP contribution in [0.2, 0.25) is 0 Å². The highest BCUT2D eigenvalue weighted by Gasteiger charge is 2.29. The molecule has 6 nitrogen and oxygen atoms in total. The second kappa shape index (κ2) is 6.11. The molecule has 3 heterocycles. The van der Waals surface area contributed by atoms with E-state index in [4.69, 9.17) is 4.42 Å². The Balaban J connectivity index is 1.61. The van der Waals surface area contributed by atoms with Crippen LogP contribution in [0.15, 0.2) is 26.1 Å². The molecule has 120 valence electrons. The number of aryl methyl sites for hydroxylation is 2. The van der Waals surface area contributed by atoms with E-state index in [1.54, 1.807) is 21.8 Å². The van der Waals surface area contributed by atoms with Gasteiger partial charge in [-0.3, -0.25) is 4.90 Å². The van der Waals surface area contributed by atoms with Crippen molar-refractivity contribution >= 4 is 21.4 Å². The van der Waals surface area contributed by atoms with Gasteiger partial charge in [-0.25, -0.2) is 13.4 Å². The van der Waals surface area contributed by atoms with E-state index in [1.165, 1.54) is 11.3 Å². The molecule has 0 atom stereocenters. The first-order valence-corrected chi connectivity index (χ1v) is 9.48. The van der Waals surface area contributed by atoms with E-state index in [0.29, 0.717) is 42.8 Å². The van der Waals surface area contributed by atoms with Crippen LogP contribution in [0.5, 0.6) is 0 Å². The number of oxazole rings is 1. The summed E-state index contributed by atoms with van der Waals surface area (Å²) in [6.45, 7) is 6.82. The second-order valence-electron chi connectivity index (χ2n) is 5.36. The van der Waals surface area contributed by atoms with Gasteiger partial charge in [0.2, 0.25) is 5.89 Å². The molecule has 1 aliphatic rings. The maximum atomic E-state index is 12.4. The van der Waals surface area contributed by atoms with E-state index in [2.05, 4.69) is 9.88 Å². The third-order valence-corrected chi connectivity index (χ3v) is 7.12. The van der Waals surface area contributed by atoms with Gasteiger partial charge < -0.3 is 4.42 Å². The van der Waals surface area contributed by atoms with Gasteiger partial charge in [-0.15, -0.1) is 11.3 Å². The lowest BCUT2D eigenvalue weighted by atomic mass is 10.3. The van der Waals surface area contributed by atoms with Crippen LogP contribution in [0.1, 0.15) is 17.3 Å². The summed E-state index contributed by atoms with van der Waals surface area (Å²) in [4.78, 5) is 6.55. The number of nitrogens with zero attached hydrogens (tertiary/aromatic N) is 3.